The molecule has 0 fully saturated rings. The fourth-order valence-electron chi connectivity index (χ4n) is 2.40. The lowest BCUT2D eigenvalue weighted by atomic mass is 10.1. The number of hydrogen-bond acceptors (Lipinski definition) is 2. The summed E-state index contributed by atoms with van der Waals surface area (Å²) in [4.78, 5) is 14.2. The number of carbonyl (C=O) groups is 1. The lowest BCUT2D eigenvalue weighted by Crippen LogP contribution is -2.37. The molecule has 2 aromatic rings. The second kappa shape index (κ2) is 7.64. The van der Waals surface area contributed by atoms with Gasteiger partial charge in [-0.05, 0) is 30.5 Å². The monoisotopic (exact) mass is 297 g/mol. The molecule has 0 saturated carbocycles. The average molecular weight is 297 g/mol. The summed E-state index contributed by atoms with van der Waals surface area (Å²) in [5.74, 6) is 0.772. The maximum atomic E-state index is 12.5. The third-order valence-corrected chi connectivity index (χ3v) is 3.64. The molecule has 2 rings (SSSR count). The Hall–Kier alpha value is -2.29. The van der Waals surface area contributed by atoms with Gasteiger partial charge in [-0.15, -0.1) is 0 Å². The molecule has 1 amide bonds. The van der Waals surface area contributed by atoms with Crippen LogP contribution in [0.1, 0.15) is 25.0 Å². The fraction of sp³-hybridized carbons (Fsp3) is 0.316. The summed E-state index contributed by atoms with van der Waals surface area (Å²) in [7, 11) is 1.81. The Bertz CT molecular complexity index is 610. The van der Waals surface area contributed by atoms with Crippen LogP contribution in [0.25, 0.3) is 0 Å². The number of para-hydroxylation sites is 1. The standard InChI is InChI=1S/C19H23NO2/c1-4-17-12-8-9-13-18(17)22-15(2)19(21)20(3)14-16-10-6-5-7-11-16/h5-13,15H,4,14H2,1-3H3. The van der Waals surface area contributed by atoms with Gasteiger partial charge in [-0.25, -0.2) is 0 Å². The van der Waals surface area contributed by atoms with Gasteiger partial charge in [0.25, 0.3) is 5.91 Å². The number of nitrogens with zero attached hydrogens (tertiary/aromatic N) is 1. The predicted octanol–water partition coefficient (Wildman–Crippen LogP) is 3.67. The quantitative estimate of drug-likeness (QED) is 0.814. The van der Waals surface area contributed by atoms with Crippen molar-refractivity contribution in [1.29, 1.82) is 0 Å². The topological polar surface area (TPSA) is 29.5 Å². The molecule has 1 unspecified atom stereocenters. The van der Waals surface area contributed by atoms with Gasteiger partial charge in [0.15, 0.2) is 6.10 Å². The fourth-order valence-corrected chi connectivity index (χ4v) is 2.40. The lowest BCUT2D eigenvalue weighted by molar-refractivity contribution is -0.137. The van der Waals surface area contributed by atoms with Crippen LogP contribution >= 0.6 is 0 Å². The van der Waals surface area contributed by atoms with Crippen molar-refractivity contribution in [3.63, 3.8) is 0 Å². The highest BCUT2D eigenvalue weighted by atomic mass is 16.5. The number of carbonyl (C=O) groups excluding carboxylic acids is 1. The minimum atomic E-state index is -0.499. The number of rotatable bonds is 6. The highest BCUT2D eigenvalue weighted by molar-refractivity contribution is 5.80. The van der Waals surface area contributed by atoms with Gasteiger partial charge < -0.3 is 9.64 Å². The molecule has 0 aliphatic heterocycles. The Labute approximate surface area is 132 Å². The minimum absolute atomic E-state index is 0.0187. The molecule has 0 aliphatic carbocycles. The zero-order valence-electron chi connectivity index (χ0n) is 13.5. The van der Waals surface area contributed by atoms with Gasteiger partial charge in [0.05, 0.1) is 0 Å². The van der Waals surface area contributed by atoms with Gasteiger partial charge in [-0.3, -0.25) is 4.79 Å². The molecule has 3 heteroatoms. The molecule has 116 valence electrons. The molecular weight excluding hydrogens is 274 g/mol. The van der Waals surface area contributed by atoms with E-state index < -0.39 is 6.10 Å². The summed E-state index contributed by atoms with van der Waals surface area (Å²) in [5.41, 5.74) is 2.23. The third kappa shape index (κ3) is 4.10. The normalized spacial score (nSPS) is 11.8. The van der Waals surface area contributed by atoms with Gasteiger partial charge >= 0.3 is 0 Å². The molecule has 1 atom stereocenters. The zero-order chi connectivity index (χ0) is 15.9. The number of amides is 1. The summed E-state index contributed by atoms with van der Waals surface area (Å²) in [5, 5.41) is 0. The van der Waals surface area contributed by atoms with Gasteiger partial charge in [0, 0.05) is 13.6 Å². The van der Waals surface area contributed by atoms with Gasteiger partial charge in [0.1, 0.15) is 5.75 Å². The molecule has 0 heterocycles. The van der Waals surface area contributed by atoms with Crippen molar-refractivity contribution >= 4 is 5.91 Å². The molecule has 3 nitrogen and oxygen atoms in total. The van der Waals surface area contributed by atoms with Gasteiger partial charge in [0.2, 0.25) is 0 Å². The van der Waals surface area contributed by atoms with Crippen LogP contribution in [0.2, 0.25) is 0 Å². The second-order valence-corrected chi connectivity index (χ2v) is 5.40. The molecule has 0 aromatic heterocycles. The van der Waals surface area contributed by atoms with E-state index in [0.29, 0.717) is 6.54 Å². The van der Waals surface area contributed by atoms with E-state index in [9.17, 15) is 4.79 Å². The van der Waals surface area contributed by atoms with E-state index in [2.05, 4.69) is 6.92 Å². The van der Waals surface area contributed by atoms with Crippen molar-refractivity contribution in [3.05, 3.63) is 65.7 Å². The van der Waals surface area contributed by atoms with E-state index in [1.807, 2.05) is 54.6 Å². The molecule has 0 N–H and O–H groups in total. The first-order valence-electron chi connectivity index (χ1n) is 7.65. The summed E-state index contributed by atoms with van der Waals surface area (Å²) in [6.07, 6.45) is 0.387. The van der Waals surface area contributed by atoms with Gasteiger partial charge in [-0.1, -0.05) is 55.5 Å². The first kappa shape index (κ1) is 16.1. The molecule has 0 radical (unpaired) electrons. The Morgan fingerprint density at radius 2 is 1.73 bits per heavy atom. The molecule has 2 aromatic carbocycles. The average Bonchev–Trinajstić information content (AvgIpc) is 2.55. The molecule has 0 spiro atoms. The molecule has 22 heavy (non-hydrogen) atoms. The van der Waals surface area contributed by atoms with E-state index in [4.69, 9.17) is 4.74 Å². The number of ether oxygens (including phenoxy) is 1. The summed E-state index contributed by atoms with van der Waals surface area (Å²) in [6.45, 7) is 4.47. The molecular formula is C19H23NO2. The Kier molecular flexibility index (Phi) is 5.59. The van der Waals surface area contributed by atoms with E-state index in [0.717, 1.165) is 23.3 Å². The van der Waals surface area contributed by atoms with Gasteiger partial charge in [-0.2, -0.15) is 0 Å². The molecule has 0 aliphatic rings. The summed E-state index contributed by atoms with van der Waals surface area (Å²) >= 11 is 0. The van der Waals surface area contributed by atoms with Crippen molar-refractivity contribution < 1.29 is 9.53 Å². The first-order chi connectivity index (χ1) is 10.6. The largest absolute Gasteiger partial charge is 0.481 e. The van der Waals surface area contributed by atoms with Crippen LogP contribution in [-0.2, 0) is 17.8 Å². The summed E-state index contributed by atoms with van der Waals surface area (Å²) in [6, 6.07) is 17.8. The van der Waals surface area contributed by atoms with Crippen LogP contribution in [0.5, 0.6) is 5.75 Å². The molecule has 0 bridgehead atoms. The van der Waals surface area contributed by atoms with E-state index >= 15 is 0 Å². The minimum Gasteiger partial charge on any atom is -0.481 e. The van der Waals surface area contributed by atoms with Crippen molar-refractivity contribution in [2.45, 2.75) is 32.9 Å². The predicted molar refractivity (Wildman–Crippen MR) is 88.8 cm³/mol. The number of hydrogen-bond donors (Lipinski definition) is 0. The SMILES string of the molecule is CCc1ccccc1OC(C)C(=O)N(C)Cc1ccccc1. The van der Waals surface area contributed by atoms with Crippen molar-refractivity contribution in [2.24, 2.45) is 0 Å². The highest BCUT2D eigenvalue weighted by Crippen LogP contribution is 2.20. The van der Waals surface area contributed by atoms with E-state index in [1.54, 1.807) is 18.9 Å². The maximum absolute atomic E-state index is 12.5. The third-order valence-electron chi connectivity index (χ3n) is 3.64. The number of likely N-dealkylation sites (N-methyl/N-ethyl adjacent to an activating group) is 1. The highest BCUT2D eigenvalue weighted by Gasteiger charge is 2.20. The van der Waals surface area contributed by atoms with E-state index in [-0.39, 0.29) is 5.91 Å². The second-order valence-electron chi connectivity index (χ2n) is 5.40. The molecule has 0 saturated heterocycles. The zero-order valence-corrected chi connectivity index (χ0v) is 13.5. The van der Waals surface area contributed by atoms with Crippen LogP contribution in [0.4, 0.5) is 0 Å². The Morgan fingerprint density at radius 3 is 2.41 bits per heavy atom. The first-order valence-corrected chi connectivity index (χ1v) is 7.65. The van der Waals surface area contributed by atoms with Crippen LogP contribution < -0.4 is 4.74 Å². The Morgan fingerprint density at radius 1 is 1.09 bits per heavy atom. The number of aryl methyl sites for hydroxylation is 1. The van der Waals surface area contributed by atoms with E-state index in [1.165, 1.54) is 0 Å². The van der Waals surface area contributed by atoms with Crippen LogP contribution in [0.3, 0.4) is 0 Å². The van der Waals surface area contributed by atoms with Crippen molar-refractivity contribution in [3.8, 4) is 5.75 Å². The number of benzene rings is 2. The lowest BCUT2D eigenvalue weighted by Gasteiger charge is -2.23. The summed E-state index contributed by atoms with van der Waals surface area (Å²) < 4.78 is 5.87. The Balaban J connectivity index is 1.99. The van der Waals surface area contributed by atoms with Crippen LogP contribution in [0, 0.1) is 0 Å². The van der Waals surface area contributed by atoms with Crippen molar-refractivity contribution in [1.82, 2.24) is 4.90 Å². The maximum Gasteiger partial charge on any atom is 0.263 e. The van der Waals surface area contributed by atoms with Crippen LogP contribution in [-0.4, -0.2) is 24.0 Å². The smallest absolute Gasteiger partial charge is 0.263 e. The van der Waals surface area contributed by atoms with Crippen molar-refractivity contribution in [2.75, 3.05) is 7.05 Å². The van der Waals surface area contributed by atoms with Crippen LogP contribution in [0.15, 0.2) is 54.6 Å².